The van der Waals surface area contributed by atoms with Gasteiger partial charge in [-0.15, -0.1) is 0 Å². The van der Waals surface area contributed by atoms with Crippen molar-refractivity contribution in [2.24, 2.45) is 0 Å². The summed E-state index contributed by atoms with van der Waals surface area (Å²) in [4.78, 5) is 12.3. The summed E-state index contributed by atoms with van der Waals surface area (Å²) in [6.07, 6.45) is -0.682. The SMILES string of the molecule is CC(Oc1ccccc1Cl)C(=O)Nc1ccc(OCc2ccccc2)cc1. The minimum absolute atomic E-state index is 0.257. The van der Waals surface area contributed by atoms with Crippen LogP contribution in [0.4, 0.5) is 5.69 Å². The molecule has 4 nitrogen and oxygen atoms in total. The number of para-hydroxylation sites is 1. The zero-order chi connectivity index (χ0) is 19.1. The monoisotopic (exact) mass is 381 g/mol. The number of carbonyl (C=O) groups is 1. The highest BCUT2D eigenvalue weighted by molar-refractivity contribution is 6.32. The number of hydrogen-bond acceptors (Lipinski definition) is 3. The highest BCUT2D eigenvalue weighted by Gasteiger charge is 2.16. The first-order chi connectivity index (χ1) is 13.1. The smallest absolute Gasteiger partial charge is 0.265 e. The maximum atomic E-state index is 12.3. The van der Waals surface area contributed by atoms with Crippen LogP contribution in [-0.2, 0) is 11.4 Å². The first-order valence-corrected chi connectivity index (χ1v) is 8.98. The molecule has 0 aromatic heterocycles. The van der Waals surface area contributed by atoms with Crippen molar-refractivity contribution >= 4 is 23.2 Å². The van der Waals surface area contributed by atoms with Gasteiger partial charge in [0.1, 0.15) is 18.1 Å². The molecule has 3 aromatic carbocycles. The molecule has 3 aromatic rings. The summed E-state index contributed by atoms with van der Waals surface area (Å²) in [6.45, 7) is 2.17. The van der Waals surface area contributed by atoms with Crippen LogP contribution in [-0.4, -0.2) is 12.0 Å². The third-order valence-electron chi connectivity index (χ3n) is 3.88. The standard InChI is InChI=1S/C22H20ClNO3/c1-16(27-21-10-6-5-9-20(21)23)22(25)24-18-11-13-19(14-12-18)26-15-17-7-3-2-4-8-17/h2-14,16H,15H2,1H3,(H,24,25). The second kappa shape index (κ2) is 9.10. The van der Waals surface area contributed by atoms with Crippen LogP contribution in [0, 0.1) is 0 Å². The number of halogens is 1. The molecule has 1 atom stereocenters. The van der Waals surface area contributed by atoms with Crippen LogP contribution in [0.25, 0.3) is 0 Å². The second-order valence-electron chi connectivity index (χ2n) is 5.98. The molecule has 0 aliphatic rings. The van der Waals surface area contributed by atoms with Gasteiger partial charge in [-0.3, -0.25) is 4.79 Å². The normalized spacial score (nSPS) is 11.5. The Balaban J connectivity index is 1.52. The fourth-order valence-corrected chi connectivity index (χ4v) is 2.58. The summed E-state index contributed by atoms with van der Waals surface area (Å²) < 4.78 is 11.4. The minimum atomic E-state index is -0.682. The largest absolute Gasteiger partial charge is 0.489 e. The molecule has 0 aliphatic carbocycles. The lowest BCUT2D eigenvalue weighted by Gasteiger charge is -2.15. The number of ether oxygens (including phenoxy) is 2. The molecule has 1 N–H and O–H groups in total. The first-order valence-electron chi connectivity index (χ1n) is 8.60. The predicted molar refractivity (Wildman–Crippen MR) is 107 cm³/mol. The van der Waals surface area contributed by atoms with Crippen molar-refractivity contribution in [3.05, 3.63) is 89.4 Å². The Morgan fingerprint density at radius 3 is 2.33 bits per heavy atom. The van der Waals surface area contributed by atoms with Crippen molar-refractivity contribution in [2.75, 3.05) is 5.32 Å². The third-order valence-corrected chi connectivity index (χ3v) is 4.19. The van der Waals surface area contributed by atoms with Gasteiger partial charge >= 0.3 is 0 Å². The Hall–Kier alpha value is -2.98. The Bertz CT molecular complexity index is 882. The minimum Gasteiger partial charge on any atom is -0.489 e. The summed E-state index contributed by atoms with van der Waals surface area (Å²) in [5.41, 5.74) is 1.77. The van der Waals surface area contributed by atoms with Gasteiger partial charge in [0, 0.05) is 5.69 Å². The predicted octanol–water partition coefficient (Wildman–Crippen LogP) is 5.33. The van der Waals surface area contributed by atoms with Gasteiger partial charge in [0.15, 0.2) is 6.10 Å². The average Bonchev–Trinajstić information content (AvgIpc) is 2.70. The second-order valence-corrected chi connectivity index (χ2v) is 6.39. The number of hydrogen-bond donors (Lipinski definition) is 1. The van der Waals surface area contributed by atoms with Crippen molar-refractivity contribution < 1.29 is 14.3 Å². The summed E-state index contributed by atoms with van der Waals surface area (Å²) >= 11 is 6.05. The lowest BCUT2D eigenvalue weighted by atomic mass is 10.2. The van der Waals surface area contributed by atoms with E-state index in [2.05, 4.69) is 5.32 Å². The molecule has 0 heterocycles. The molecule has 0 saturated carbocycles. The molecule has 0 fully saturated rings. The number of benzene rings is 3. The van der Waals surface area contributed by atoms with Gasteiger partial charge in [-0.2, -0.15) is 0 Å². The van der Waals surface area contributed by atoms with E-state index in [1.807, 2.05) is 42.5 Å². The topological polar surface area (TPSA) is 47.6 Å². The van der Waals surface area contributed by atoms with Crippen molar-refractivity contribution in [3.63, 3.8) is 0 Å². The lowest BCUT2D eigenvalue weighted by molar-refractivity contribution is -0.122. The number of anilines is 1. The van der Waals surface area contributed by atoms with Crippen molar-refractivity contribution in [1.29, 1.82) is 0 Å². The van der Waals surface area contributed by atoms with E-state index in [1.54, 1.807) is 43.3 Å². The molecule has 27 heavy (non-hydrogen) atoms. The van der Waals surface area contributed by atoms with E-state index in [9.17, 15) is 4.79 Å². The fourth-order valence-electron chi connectivity index (χ4n) is 2.40. The quantitative estimate of drug-likeness (QED) is 0.602. The van der Waals surface area contributed by atoms with Gasteiger partial charge in [-0.1, -0.05) is 54.1 Å². The average molecular weight is 382 g/mol. The van der Waals surface area contributed by atoms with E-state index < -0.39 is 6.10 Å². The number of carbonyl (C=O) groups excluding carboxylic acids is 1. The van der Waals surface area contributed by atoms with Crippen LogP contribution in [0.15, 0.2) is 78.9 Å². The summed E-state index contributed by atoms with van der Waals surface area (Å²) in [5.74, 6) is 0.955. The Kier molecular flexibility index (Phi) is 6.34. The van der Waals surface area contributed by atoms with Gasteiger partial charge in [-0.25, -0.2) is 0 Å². The highest BCUT2D eigenvalue weighted by atomic mass is 35.5. The highest BCUT2D eigenvalue weighted by Crippen LogP contribution is 2.24. The molecular weight excluding hydrogens is 362 g/mol. The summed E-state index contributed by atoms with van der Waals surface area (Å²) in [5, 5.41) is 3.29. The Labute approximate surface area is 163 Å². The van der Waals surface area contributed by atoms with Gasteiger partial charge < -0.3 is 14.8 Å². The van der Waals surface area contributed by atoms with E-state index in [1.165, 1.54) is 0 Å². The van der Waals surface area contributed by atoms with Crippen LogP contribution in [0.3, 0.4) is 0 Å². The summed E-state index contributed by atoms with van der Waals surface area (Å²) in [7, 11) is 0. The molecule has 1 amide bonds. The molecule has 1 unspecified atom stereocenters. The number of amides is 1. The van der Waals surface area contributed by atoms with E-state index in [4.69, 9.17) is 21.1 Å². The van der Waals surface area contributed by atoms with Crippen molar-refractivity contribution in [1.82, 2.24) is 0 Å². The lowest BCUT2D eigenvalue weighted by Crippen LogP contribution is -2.30. The van der Waals surface area contributed by atoms with Crippen LogP contribution in [0.2, 0.25) is 5.02 Å². The molecule has 3 rings (SSSR count). The van der Waals surface area contributed by atoms with Crippen LogP contribution < -0.4 is 14.8 Å². The van der Waals surface area contributed by atoms with Gasteiger partial charge in [0.05, 0.1) is 5.02 Å². The van der Waals surface area contributed by atoms with Gasteiger partial charge in [-0.05, 0) is 48.9 Å². The molecule has 138 valence electrons. The molecule has 0 aliphatic heterocycles. The van der Waals surface area contributed by atoms with E-state index in [0.717, 1.165) is 11.3 Å². The summed E-state index contributed by atoms with van der Waals surface area (Å²) in [6, 6.07) is 24.2. The van der Waals surface area contributed by atoms with E-state index >= 15 is 0 Å². The maximum absolute atomic E-state index is 12.3. The molecule has 0 spiro atoms. The van der Waals surface area contributed by atoms with Crippen molar-refractivity contribution in [2.45, 2.75) is 19.6 Å². The first kappa shape index (κ1) is 18.8. The van der Waals surface area contributed by atoms with Crippen LogP contribution in [0.1, 0.15) is 12.5 Å². The van der Waals surface area contributed by atoms with Crippen molar-refractivity contribution in [3.8, 4) is 11.5 Å². The maximum Gasteiger partial charge on any atom is 0.265 e. The molecular formula is C22H20ClNO3. The Morgan fingerprint density at radius 2 is 1.63 bits per heavy atom. The molecule has 0 radical (unpaired) electrons. The zero-order valence-electron chi connectivity index (χ0n) is 14.9. The fraction of sp³-hybridized carbons (Fsp3) is 0.136. The van der Waals surface area contributed by atoms with Crippen LogP contribution >= 0.6 is 11.6 Å². The van der Waals surface area contributed by atoms with Gasteiger partial charge in [0.2, 0.25) is 0 Å². The van der Waals surface area contributed by atoms with E-state index in [0.29, 0.717) is 23.1 Å². The number of nitrogens with one attached hydrogen (secondary N) is 1. The van der Waals surface area contributed by atoms with Crippen LogP contribution in [0.5, 0.6) is 11.5 Å². The molecule has 5 heteroatoms. The van der Waals surface area contributed by atoms with E-state index in [-0.39, 0.29) is 5.91 Å². The third kappa shape index (κ3) is 5.50. The zero-order valence-corrected chi connectivity index (χ0v) is 15.6. The number of rotatable bonds is 7. The Morgan fingerprint density at radius 1 is 0.963 bits per heavy atom. The van der Waals surface area contributed by atoms with Gasteiger partial charge in [0.25, 0.3) is 5.91 Å². The molecule has 0 saturated heterocycles. The molecule has 0 bridgehead atoms.